The van der Waals surface area contributed by atoms with Gasteiger partial charge in [-0.1, -0.05) is 30.3 Å². The Labute approximate surface area is 140 Å². The van der Waals surface area contributed by atoms with Crippen molar-refractivity contribution in [2.75, 3.05) is 19.6 Å². The molecule has 0 bridgehead atoms. The van der Waals surface area contributed by atoms with Crippen LogP contribution in [0.5, 0.6) is 0 Å². The summed E-state index contributed by atoms with van der Waals surface area (Å²) in [5.41, 5.74) is 0.989. The number of furan rings is 1. The average Bonchev–Trinajstić information content (AvgIpc) is 3.08. The number of hydrogen-bond donors (Lipinski definition) is 3. The van der Waals surface area contributed by atoms with Crippen molar-refractivity contribution in [1.82, 2.24) is 16.0 Å². The summed E-state index contributed by atoms with van der Waals surface area (Å²) in [6, 6.07) is 12.2. The summed E-state index contributed by atoms with van der Waals surface area (Å²) in [6.45, 7) is 2.46. The van der Waals surface area contributed by atoms with Crippen LogP contribution in [0.3, 0.4) is 0 Å². The highest BCUT2D eigenvalue weighted by atomic mass is 16.3. The molecule has 6 nitrogen and oxygen atoms in total. The third-order valence-corrected chi connectivity index (χ3v) is 4.08. The second-order valence-corrected chi connectivity index (χ2v) is 5.96. The molecule has 3 rings (SSSR count). The molecular weight excluding hydrogens is 306 g/mol. The molecule has 0 spiro atoms. The van der Waals surface area contributed by atoms with Crippen LogP contribution in [0.2, 0.25) is 0 Å². The van der Waals surface area contributed by atoms with Gasteiger partial charge in [0.1, 0.15) is 6.04 Å². The summed E-state index contributed by atoms with van der Waals surface area (Å²) in [6.07, 6.45) is 1.87. The Morgan fingerprint density at radius 1 is 1.17 bits per heavy atom. The maximum Gasteiger partial charge on any atom is 0.287 e. The van der Waals surface area contributed by atoms with E-state index < -0.39 is 6.04 Å². The second kappa shape index (κ2) is 7.79. The molecule has 2 amide bonds. The molecule has 0 radical (unpaired) electrons. The van der Waals surface area contributed by atoms with Crippen molar-refractivity contribution in [2.45, 2.75) is 12.5 Å². The molecule has 1 aliphatic heterocycles. The molecule has 126 valence electrons. The normalized spacial score (nSPS) is 15.3. The van der Waals surface area contributed by atoms with E-state index in [9.17, 15) is 9.59 Å². The smallest absolute Gasteiger partial charge is 0.287 e. The summed E-state index contributed by atoms with van der Waals surface area (Å²) < 4.78 is 5.10. The quantitative estimate of drug-likeness (QED) is 0.707. The summed E-state index contributed by atoms with van der Waals surface area (Å²) in [7, 11) is 0. The summed E-state index contributed by atoms with van der Waals surface area (Å²) >= 11 is 0. The molecule has 1 atom stereocenters. The Hall–Kier alpha value is -2.60. The second-order valence-electron chi connectivity index (χ2n) is 5.96. The molecule has 1 aromatic heterocycles. The van der Waals surface area contributed by atoms with Crippen LogP contribution in [-0.4, -0.2) is 37.5 Å². The summed E-state index contributed by atoms with van der Waals surface area (Å²) in [5.74, 6) is 0.100. The minimum absolute atomic E-state index is 0.175. The third-order valence-electron chi connectivity index (χ3n) is 4.08. The first-order valence-corrected chi connectivity index (χ1v) is 8.09. The van der Waals surface area contributed by atoms with Crippen LogP contribution >= 0.6 is 0 Å². The van der Waals surface area contributed by atoms with Gasteiger partial charge in [-0.2, -0.15) is 0 Å². The van der Waals surface area contributed by atoms with E-state index in [1.54, 1.807) is 12.1 Å². The highest BCUT2D eigenvalue weighted by Crippen LogP contribution is 2.07. The molecule has 0 aliphatic carbocycles. The molecule has 24 heavy (non-hydrogen) atoms. The molecule has 3 N–H and O–H groups in total. The minimum atomic E-state index is -0.641. The Kier molecular flexibility index (Phi) is 5.28. The van der Waals surface area contributed by atoms with Gasteiger partial charge in [0, 0.05) is 32.0 Å². The molecule has 0 saturated carbocycles. The maximum absolute atomic E-state index is 12.5. The standard InChI is InChI=1S/C18H21N3O3/c22-17(20-12-14-10-19-11-14)15(9-13-5-2-1-3-6-13)21-18(23)16-7-4-8-24-16/h1-8,14-15,19H,9-12H2,(H,20,22)(H,21,23). The van der Waals surface area contributed by atoms with Crippen molar-refractivity contribution in [3.63, 3.8) is 0 Å². The van der Waals surface area contributed by atoms with Crippen LogP contribution in [0.1, 0.15) is 16.1 Å². The van der Waals surface area contributed by atoms with E-state index in [0.717, 1.165) is 18.7 Å². The molecule has 2 aromatic rings. The first-order valence-electron chi connectivity index (χ1n) is 8.09. The van der Waals surface area contributed by atoms with Gasteiger partial charge in [0.2, 0.25) is 5.91 Å². The van der Waals surface area contributed by atoms with E-state index in [-0.39, 0.29) is 17.6 Å². The predicted octanol–water partition coefficient (Wildman–Crippen LogP) is 0.956. The first kappa shape index (κ1) is 16.3. The van der Waals surface area contributed by atoms with Crippen molar-refractivity contribution >= 4 is 11.8 Å². The zero-order valence-corrected chi connectivity index (χ0v) is 13.3. The molecule has 1 saturated heterocycles. The monoisotopic (exact) mass is 327 g/mol. The van der Waals surface area contributed by atoms with Gasteiger partial charge in [-0.25, -0.2) is 0 Å². The summed E-state index contributed by atoms with van der Waals surface area (Å²) in [4.78, 5) is 24.7. The first-order chi connectivity index (χ1) is 11.7. The SMILES string of the molecule is O=C(NC(Cc1ccccc1)C(=O)NCC1CNC1)c1ccco1. The van der Waals surface area contributed by atoms with E-state index in [1.165, 1.54) is 6.26 Å². The summed E-state index contributed by atoms with van der Waals surface area (Å²) in [5, 5.41) is 8.87. The predicted molar refractivity (Wildman–Crippen MR) is 89.5 cm³/mol. The van der Waals surface area contributed by atoms with Gasteiger partial charge in [-0.05, 0) is 17.7 Å². The lowest BCUT2D eigenvalue weighted by Gasteiger charge is -2.28. The van der Waals surface area contributed by atoms with E-state index in [2.05, 4.69) is 16.0 Å². The number of nitrogens with one attached hydrogen (secondary N) is 3. The van der Waals surface area contributed by atoms with E-state index in [1.807, 2.05) is 30.3 Å². The molecular formula is C18H21N3O3. The highest BCUT2D eigenvalue weighted by molar-refractivity contribution is 5.95. The van der Waals surface area contributed by atoms with Gasteiger partial charge in [-0.15, -0.1) is 0 Å². The molecule has 1 aromatic carbocycles. The van der Waals surface area contributed by atoms with Crippen LogP contribution in [0.15, 0.2) is 53.1 Å². The fourth-order valence-corrected chi connectivity index (χ4v) is 2.56. The lowest BCUT2D eigenvalue weighted by Crippen LogP contribution is -2.53. The minimum Gasteiger partial charge on any atom is -0.459 e. The maximum atomic E-state index is 12.5. The fraction of sp³-hybridized carbons (Fsp3) is 0.333. The molecule has 1 aliphatic rings. The number of hydrogen-bond acceptors (Lipinski definition) is 4. The number of benzene rings is 1. The Balaban J connectivity index is 1.64. The van der Waals surface area contributed by atoms with Crippen LogP contribution in [0.4, 0.5) is 0 Å². The number of carbonyl (C=O) groups excluding carboxylic acids is 2. The molecule has 2 heterocycles. The van der Waals surface area contributed by atoms with Crippen molar-refractivity contribution in [2.24, 2.45) is 5.92 Å². The van der Waals surface area contributed by atoms with Crippen molar-refractivity contribution in [3.05, 3.63) is 60.1 Å². The lowest BCUT2D eigenvalue weighted by molar-refractivity contribution is -0.123. The van der Waals surface area contributed by atoms with E-state index in [4.69, 9.17) is 4.42 Å². The number of rotatable bonds is 7. The van der Waals surface area contributed by atoms with Gasteiger partial charge in [0.25, 0.3) is 5.91 Å². The molecule has 1 unspecified atom stereocenters. The largest absolute Gasteiger partial charge is 0.459 e. The van der Waals surface area contributed by atoms with Crippen LogP contribution < -0.4 is 16.0 Å². The van der Waals surface area contributed by atoms with Crippen molar-refractivity contribution < 1.29 is 14.0 Å². The van der Waals surface area contributed by atoms with Gasteiger partial charge in [0.15, 0.2) is 5.76 Å². The number of amides is 2. The topological polar surface area (TPSA) is 83.4 Å². The Bertz CT molecular complexity index is 666. The molecule has 6 heteroatoms. The third kappa shape index (κ3) is 4.23. The fourth-order valence-electron chi connectivity index (χ4n) is 2.56. The lowest BCUT2D eigenvalue weighted by atomic mass is 10.0. The van der Waals surface area contributed by atoms with Crippen LogP contribution in [-0.2, 0) is 11.2 Å². The van der Waals surface area contributed by atoms with Crippen LogP contribution in [0, 0.1) is 5.92 Å². The van der Waals surface area contributed by atoms with Gasteiger partial charge < -0.3 is 20.4 Å². The van der Waals surface area contributed by atoms with Crippen LogP contribution in [0.25, 0.3) is 0 Å². The van der Waals surface area contributed by atoms with Gasteiger partial charge >= 0.3 is 0 Å². The number of carbonyl (C=O) groups is 2. The zero-order chi connectivity index (χ0) is 16.8. The van der Waals surface area contributed by atoms with Gasteiger partial charge in [0.05, 0.1) is 6.26 Å². The zero-order valence-electron chi connectivity index (χ0n) is 13.3. The van der Waals surface area contributed by atoms with Gasteiger partial charge in [-0.3, -0.25) is 9.59 Å². The average molecular weight is 327 g/mol. The Morgan fingerprint density at radius 3 is 2.58 bits per heavy atom. The molecule has 1 fully saturated rings. The van der Waals surface area contributed by atoms with Crippen molar-refractivity contribution in [1.29, 1.82) is 0 Å². The van der Waals surface area contributed by atoms with E-state index in [0.29, 0.717) is 18.9 Å². The van der Waals surface area contributed by atoms with E-state index >= 15 is 0 Å². The Morgan fingerprint density at radius 2 is 1.96 bits per heavy atom. The highest BCUT2D eigenvalue weighted by Gasteiger charge is 2.24. The van der Waals surface area contributed by atoms with Crippen molar-refractivity contribution in [3.8, 4) is 0 Å².